The van der Waals surface area contributed by atoms with E-state index in [1.165, 1.54) is 0 Å². The van der Waals surface area contributed by atoms with Gasteiger partial charge in [0.15, 0.2) is 13.2 Å². The maximum Gasteiger partial charge on any atom is 0.344 e. The van der Waals surface area contributed by atoms with Crippen LogP contribution in [0.3, 0.4) is 0 Å². The number of carbonyl (C=O) groups is 3. The van der Waals surface area contributed by atoms with Gasteiger partial charge in [-0.3, -0.25) is 14.9 Å². The number of carbonyl (C=O) groups excluding carboxylic acids is 3. The number of benzene rings is 1. The number of esters is 1. The Bertz CT molecular complexity index is 889. The van der Waals surface area contributed by atoms with E-state index in [0.717, 1.165) is 11.1 Å². The molecule has 0 fully saturated rings. The molecule has 0 aliphatic carbocycles. The first-order valence-corrected chi connectivity index (χ1v) is 9.10. The number of nitrogens with zero attached hydrogens (tertiary/aromatic N) is 1. The van der Waals surface area contributed by atoms with Crippen LogP contribution < -0.4 is 10.1 Å². The third-order valence-electron chi connectivity index (χ3n) is 4.05. The van der Waals surface area contributed by atoms with Crippen LogP contribution in [0.4, 0.5) is 0 Å². The summed E-state index contributed by atoms with van der Waals surface area (Å²) in [6.07, 6.45) is 1.68. The first-order chi connectivity index (χ1) is 13.2. The van der Waals surface area contributed by atoms with E-state index in [4.69, 9.17) is 21.1 Å². The third kappa shape index (κ3) is 5.60. The van der Waals surface area contributed by atoms with Gasteiger partial charge in [0.2, 0.25) is 0 Å². The standard InChI is InChI=1S/C20H23ClN2O5/c1-12(2)14-9-15(21)13(3)8-17(14)27-11-19(25)28-10-18(24)22-20(26)16-6-5-7-23(16)4/h5-9,12H,10-11H2,1-4H3,(H,22,24,26). The maximum absolute atomic E-state index is 11.9. The van der Waals surface area contributed by atoms with Crippen molar-refractivity contribution < 1.29 is 23.9 Å². The molecule has 0 aliphatic heterocycles. The van der Waals surface area contributed by atoms with Crippen LogP contribution >= 0.6 is 11.6 Å². The Balaban J connectivity index is 1.85. The molecule has 0 unspecified atom stereocenters. The van der Waals surface area contributed by atoms with Crippen LogP contribution in [0.25, 0.3) is 0 Å². The highest BCUT2D eigenvalue weighted by Crippen LogP contribution is 2.31. The van der Waals surface area contributed by atoms with Gasteiger partial charge in [0.1, 0.15) is 11.4 Å². The molecule has 0 atom stereocenters. The molecule has 28 heavy (non-hydrogen) atoms. The molecule has 0 bridgehead atoms. The average molecular weight is 407 g/mol. The molecule has 2 amide bonds. The van der Waals surface area contributed by atoms with Gasteiger partial charge in [0.25, 0.3) is 11.8 Å². The molecule has 0 radical (unpaired) electrons. The lowest BCUT2D eigenvalue weighted by Crippen LogP contribution is -2.35. The number of nitrogens with one attached hydrogen (secondary N) is 1. The van der Waals surface area contributed by atoms with Crippen molar-refractivity contribution in [3.63, 3.8) is 0 Å². The van der Waals surface area contributed by atoms with Gasteiger partial charge >= 0.3 is 5.97 Å². The summed E-state index contributed by atoms with van der Waals surface area (Å²) in [5.74, 6) is -1.31. The minimum Gasteiger partial charge on any atom is -0.482 e. The van der Waals surface area contributed by atoms with Crippen molar-refractivity contribution in [2.24, 2.45) is 7.05 Å². The highest BCUT2D eigenvalue weighted by Gasteiger charge is 2.16. The quantitative estimate of drug-likeness (QED) is 0.714. The maximum atomic E-state index is 11.9. The summed E-state index contributed by atoms with van der Waals surface area (Å²) in [5.41, 5.74) is 2.02. The number of imide groups is 1. The van der Waals surface area contributed by atoms with Crippen molar-refractivity contribution in [1.29, 1.82) is 0 Å². The van der Waals surface area contributed by atoms with Crippen LogP contribution in [0, 0.1) is 6.92 Å². The summed E-state index contributed by atoms with van der Waals surface area (Å²) in [6.45, 7) is 4.88. The predicted octanol–water partition coefficient (Wildman–Crippen LogP) is 2.99. The molecule has 0 saturated carbocycles. The van der Waals surface area contributed by atoms with Gasteiger partial charge in [-0.25, -0.2) is 4.79 Å². The number of rotatable bonds is 7. The van der Waals surface area contributed by atoms with Gasteiger partial charge in [-0.05, 0) is 48.2 Å². The number of aryl methyl sites for hydroxylation is 2. The number of halogens is 1. The van der Waals surface area contributed by atoms with Gasteiger partial charge in [0, 0.05) is 18.3 Å². The van der Waals surface area contributed by atoms with Crippen LogP contribution in [0.2, 0.25) is 5.02 Å². The normalized spacial score (nSPS) is 10.6. The molecule has 0 aliphatic rings. The van der Waals surface area contributed by atoms with E-state index in [0.29, 0.717) is 16.5 Å². The van der Waals surface area contributed by atoms with Crippen molar-refractivity contribution >= 4 is 29.4 Å². The molecule has 7 nitrogen and oxygen atoms in total. The van der Waals surface area contributed by atoms with Gasteiger partial charge in [0.05, 0.1) is 0 Å². The van der Waals surface area contributed by atoms with Gasteiger partial charge in [-0.15, -0.1) is 0 Å². The molecule has 0 saturated heterocycles. The van der Waals surface area contributed by atoms with Crippen LogP contribution in [0.5, 0.6) is 5.75 Å². The molecule has 1 aromatic heterocycles. The number of ether oxygens (including phenoxy) is 2. The lowest BCUT2D eigenvalue weighted by molar-refractivity contribution is -0.150. The van der Waals surface area contributed by atoms with Gasteiger partial charge in [-0.1, -0.05) is 25.4 Å². The fourth-order valence-corrected chi connectivity index (χ4v) is 2.67. The number of hydrogen-bond acceptors (Lipinski definition) is 5. The summed E-state index contributed by atoms with van der Waals surface area (Å²) in [6, 6.07) is 6.82. The summed E-state index contributed by atoms with van der Waals surface area (Å²) in [4.78, 5) is 35.6. The molecule has 1 N–H and O–H groups in total. The van der Waals surface area contributed by atoms with E-state index >= 15 is 0 Å². The van der Waals surface area contributed by atoms with E-state index in [1.54, 1.807) is 36.0 Å². The fraction of sp³-hybridized carbons (Fsp3) is 0.350. The van der Waals surface area contributed by atoms with Crippen molar-refractivity contribution in [2.75, 3.05) is 13.2 Å². The van der Waals surface area contributed by atoms with Crippen LogP contribution in [-0.4, -0.2) is 35.6 Å². The molecule has 1 aromatic carbocycles. The highest BCUT2D eigenvalue weighted by atomic mass is 35.5. The Morgan fingerprint density at radius 1 is 1.21 bits per heavy atom. The molecule has 1 heterocycles. The Morgan fingerprint density at radius 3 is 2.54 bits per heavy atom. The second-order valence-corrected chi connectivity index (χ2v) is 7.03. The molecule has 150 valence electrons. The Labute approximate surface area is 168 Å². The third-order valence-corrected chi connectivity index (χ3v) is 4.46. The zero-order valence-electron chi connectivity index (χ0n) is 16.2. The average Bonchev–Trinajstić information content (AvgIpc) is 3.06. The lowest BCUT2D eigenvalue weighted by Gasteiger charge is -2.15. The first-order valence-electron chi connectivity index (χ1n) is 8.73. The largest absolute Gasteiger partial charge is 0.482 e. The Kier molecular flexibility index (Phi) is 7.23. The zero-order valence-corrected chi connectivity index (χ0v) is 17.0. The van der Waals surface area contributed by atoms with Gasteiger partial charge < -0.3 is 14.0 Å². The molecule has 0 spiro atoms. The Morgan fingerprint density at radius 2 is 1.93 bits per heavy atom. The molecule has 2 rings (SSSR count). The lowest BCUT2D eigenvalue weighted by atomic mass is 10.0. The minimum atomic E-state index is -0.719. The number of aromatic nitrogens is 1. The van der Waals surface area contributed by atoms with E-state index in [-0.39, 0.29) is 12.5 Å². The van der Waals surface area contributed by atoms with E-state index < -0.39 is 24.4 Å². The van der Waals surface area contributed by atoms with Crippen LogP contribution in [-0.2, 0) is 21.4 Å². The van der Waals surface area contributed by atoms with E-state index in [1.807, 2.05) is 26.8 Å². The summed E-state index contributed by atoms with van der Waals surface area (Å²) in [7, 11) is 1.68. The fourth-order valence-electron chi connectivity index (χ4n) is 2.49. The monoisotopic (exact) mass is 406 g/mol. The van der Waals surface area contributed by atoms with Crippen molar-refractivity contribution in [3.8, 4) is 5.75 Å². The number of amides is 2. The van der Waals surface area contributed by atoms with E-state index in [9.17, 15) is 14.4 Å². The number of hydrogen-bond donors (Lipinski definition) is 1. The smallest absolute Gasteiger partial charge is 0.344 e. The predicted molar refractivity (Wildman–Crippen MR) is 105 cm³/mol. The van der Waals surface area contributed by atoms with E-state index in [2.05, 4.69) is 5.32 Å². The summed E-state index contributed by atoms with van der Waals surface area (Å²) in [5, 5.41) is 2.78. The van der Waals surface area contributed by atoms with Crippen molar-refractivity contribution in [3.05, 3.63) is 52.3 Å². The van der Waals surface area contributed by atoms with Crippen LogP contribution in [0.1, 0.15) is 41.4 Å². The molecular formula is C20H23ClN2O5. The Hall–Kier alpha value is -2.80. The first kappa shape index (κ1) is 21.5. The van der Waals surface area contributed by atoms with Crippen molar-refractivity contribution in [1.82, 2.24) is 9.88 Å². The summed E-state index contributed by atoms with van der Waals surface area (Å²) >= 11 is 6.14. The molecular weight excluding hydrogens is 384 g/mol. The summed E-state index contributed by atoms with van der Waals surface area (Å²) < 4.78 is 12.0. The second kappa shape index (κ2) is 9.41. The topological polar surface area (TPSA) is 86.6 Å². The molecule has 2 aromatic rings. The van der Waals surface area contributed by atoms with Crippen molar-refractivity contribution in [2.45, 2.75) is 26.7 Å². The van der Waals surface area contributed by atoms with Gasteiger partial charge in [-0.2, -0.15) is 0 Å². The highest BCUT2D eigenvalue weighted by molar-refractivity contribution is 6.31. The second-order valence-electron chi connectivity index (χ2n) is 6.62. The minimum absolute atomic E-state index is 0.151. The molecule has 8 heteroatoms. The van der Waals surface area contributed by atoms with Crippen LogP contribution in [0.15, 0.2) is 30.5 Å². The zero-order chi connectivity index (χ0) is 20.8. The SMILES string of the molecule is Cc1cc(OCC(=O)OCC(=O)NC(=O)c2cccn2C)c(C(C)C)cc1Cl.